The van der Waals surface area contributed by atoms with Crippen molar-refractivity contribution >= 4 is 17.5 Å². The van der Waals surface area contributed by atoms with Crippen molar-refractivity contribution in [2.75, 3.05) is 27.3 Å². The second kappa shape index (κ2) is 7.33. The zero-order valence-corrected chi connectivity index (χ0v) is 15.0. The molecule has 0 radical (unpaired) electrons. The SMILES string of the molecule is COc1cccc(C2CN(C(=O)c3ccc(Cl)cc3OC)CC2N)c1. The van der Waals surface area contributed by atoms with Gasteiger partial charge >= 0.3 is 0 Å². The number of amides is 1. The molecule has 25 heavy (non-hydrogen) atoms. The Labute approximate surface area is 152 Å². The quantitative estimate of drug-likeness (QED) is 0.910. The van der Waals surface area contributed by atoms with E-state index in [1.54, 1.807) is 30.2 Å². The average Bonchev–Trinajstić information content (AvgIpc) is 3.02. The molecule has 5 nitrogen and oxygen atoms in total. The lowest BCUT2D eigenvalue weighted by Crippen LogP contribution is -2.32. The van der Waals surface area contributed by atoms with Crippen LogP contribution in [0.4, 0.5) is 0 Å². The molecular formula is C19H21ClN2O3. The van der Waals surface area contributed by atoms with Gasteiger partial charge in [0.25, 0.3) is 5.91 Å². The second-order valence-electron chi connectivity index (χ2n) is 6.10. The van der Waals surface area contributed by atoms with E-state index in [2.05, 4.69) is 0 Å². The number of nitrogens with zero attached hydrogens (tertiary/aromatic N) is 1. The maximum atomic E-state index is 12.9. The van der Waals surface area contributed by atoms with Crippen LogP contribution in [0.5, 0.6) is 11.5 Å². The van der Waals surface area contributed by atoms with Crippen LogP contribution in [0.15, 0.2) is 42.5 Å². The molecule has 1 saturated heterocycles. The van der Waals surface area contributed by atoms with E-state index in [1.807, 2.05) is 24.3 Å². The normalized spacial score (nSPS) is 19.8. The van der Waals surface area contributed by atoms with Gasteiger partial charge in [0.2, 0.25) is 0 Å². The Kier molecular flexibility index (Phi) is 5.16. The molecule has 1 aliphatic heterocycles. The van der Waals surface area contributed by atoms with Crippen LogP contribution in [-0.4, -0.2) is 44.2 Å². The molecule has 132 valence electrons. The molecule has 1 heterocycles. The molecule has 2 aromatic rings. The molecule has 0 saturated carbocycles. The number of methoxy groups -OCH3 is 2. The number of ether oxygens (including phenoxy) is 2. The van der Waals surface area contributed by atoms with Crippen molar-refractivity contribution in [3.05, 3.63) is 58.6 Å². The van der Waals surface area contributed by atoms with Gasteiger partial charge in [-0.2, -0.15) is 0 Å². The van der Waals surface area contributed by atoms with Crippen molar-refractivity contribution in [3.8, 4) is 11.5 Å². The summed E-state index contributed by atoms with van der Waals surface area (Å²) in [6.45, 7) is 1.05. The number of benzene rings is 2. The Morgan fingerprint density at radius 2 is 1.96 bits per heavy atom. The van der Waals surface area contributed by atoms with Gasteiger partial charge in [-0.1, -0.05) is 23.7 Å². The average molecular weight is 361 g/mol. The number of rotatable bonds is 4. The first kappa shape index (κ1) is 17.6. The van der Waals surface area contributed by atoms with Crippen molar-refractivity contribution in [2.45, 2.75) is 12.0 Å². The Bertz CT molecular complexity index is 781. The van der Waals surface area contributed by atoms with Crippen molar-refractivity contribution in [2.24, 2.45) is 5.73 Å². The number of hydrogen-bond acceptors (Lipinski definition) is 4. The first-order valence-electron chi connectivity index (χ1n) is 8.06. The van der Waals surface area contributed by atoms with E-state index in [1.165, 1.54) is 7.11 Å². The molecule has 0 aliphatic carbocycles. The van der Waals surface area contributed by atoms with Gasteiger partial charge in [-0.05, 0) is 35.9 Å². The predicted molar refractivity (Wildman–Crippen MR) is 97.6 cm³/mol. The summed E-state index contributed by atoms with van der Waals surface area (Å²) in [6, 6.07) is 12.7. The van der Waals surface area contributed by atoms with Crippen LogP contribution in [0, 0.1) is 0 Å². The van der Waals surface area contributed by atoms with Crippen molar-refractivity contribution in [3.63, 3.8) is 0 Å². The lowest BCUT2D eigenvalue weighted by atomic mass is 9.95. The van der Waals surface area contributed by atoms with Crippen LogP contribution >= 0.6 is 11.6 Å². The zero-order valence-electron chi connectivity index (χ0n) is 14.2. The zero-order chi connectivity index (χ0) is 18.0. The monoisotopic (exact) mass is 360 g/mol. The summed E-state index contributed by atoms with van der Waals surface area (Å²) in [5.41, 5.74) is 7.88. The number of hydrogen-bond donors (Lipinski definition) is 1. The minimum Gasteiger partial charge on any atom is -0.497 e. The number of nitrogens with two attached hydrogens (primary N) is 1. The summed E-state index contributed by atoms with van der Waals surface area (Å²) in [4.78, 5) is 14.7. The fraction of sp³-hybridized carbons (Fsp3) is 0.316. The summed E-state index contributed by atoms with van der Waals surface area (Å²) in [5, 5.41) is 0.529. The van der Waals surface area contributed by atoms with Crippen LogP contribution in [0.2, 0.25) is 5.02 Å². The molecule has 1 aliphatic rings. The van der Waals surface area contributed by atoms with Gasteiger partial charge in [-0.3, -0.25) is 4.79 Å². The van der Waals surface area contributed by atoms with Crippen molar-refractivity contribution < 1.29 is 14.3 Å². The molecule has 3 rings (SSSR count). The van der Waals surface area contributed by atoms with E-state index in [9.17, 15) is 4.79 Å². The summed E-state index contributed by atoms with van der Waals surface area (Å²) < 4.78 is 10.6. The summed E-state index contributed by atoms with van der Waals surface area (Å²) in [5.74, 6) is 1.22. The van der Waals surface area contributed by atoms with E-state index < -0.39 is 0 Å². The highest BCUT2D eigenvalue weighted by atomic mass is 35.5. The number of likely N-dealkylation sites (tertiary alicyclic amines) is 1. The molecule has 0 spiro atoms. The molecule has 1 amide bonds. The molecule has 2 aromatic carbocycles. The minimum absolute atomic E-state index is 0.0670. The molecular weight excluding hydrogens is 340 g/mol. The Hall–Kier alpha value is -2.24. The predicted octanol–water partition coefficient (Wildman–Crippen LogP) is 2.92. The highest BCUT2D eigenvalue weighted by Gasteiger charge is 2.35. The molecule has 2 unspecified atom stereocenters. The van der Waals surface area contributed by atoms with Crippen LogP contribution < -0.4 is 15.2 Å². The first-order chi connectivity index (χ1) is 12.0. The van der Waals surface area contributed by atoms with Crippen LogP contribution in [0.25, 0.3) is 0 Å². The molecule has 0 bridgehead atoms. The third-order valence-corrected chi connectivity index (χ3v) is 4.80. The van der Waals surface area contributed by atoms with Crippen molar-refractivity contribution in [1.82, 2.24) is 4.90 Å². The van der Waals surface area contributed by atoms with Crippen LogP contribution in [0.1, 0.15) is 21.8 Å². The van der Waals surface area contributed by atoms with Crippen LogP contribution in [-0.2, 0) is 0 Å². The molecule has 0 aromatic heterocycles. The van der Waals surface area contributed by atoms with E-state index in [0.29, 0.717) is 29.4 Å². The number of carbonyl (C=O) groups excluding carboxylic acids is 1. The third-order valence-electron chi connectivity index (χ3n) is 4.57. The number of halogens is 1. The summed E-state index contributed by atoms with van der Waals surface area (Å²) in [7, 11) is 3.16. The smallest absolute Gasteiger partial charge is 0.257 e. The minimum atomic E-state index is -0.130. The van der Waals surface area contributed by atoms with E-state index >= 15 is 0 Å². The molecule has 6 heteroatoms. The fourth-order valence-corrected chi connectivity index (χ4v) is 3.39. The highest BCUT2D eigenvalue weighted by Crippen LogP contribution is 2.31. The topological polar surface area (TPSA) is 64.8 Å². The van der Waals surface area contributed by atoms with Gasteiger partial charge in [0.15, 0.2) is 0 Å². The van der Waals surface area contributed by atoms with Gasteiger partial charge < -0.3 is 20.1 Å². The fourth-order valence-electron chi connectivity index (χ4n) is 3.23. The van der Waals surface area contributed by atoms with Gasteiger partial charge in [-0.25, -0.2) is 0 Å². The lowest BCUT2D eigenvalue weighted by Gasteiger charge is -2.18. The van der Waals surface area contributed by atoms with Crippen LogP contribution in [0.3, 0.4) is 0 Å². The second-order valence-corrected chi connectivity index (χ2v) is 6.54. The van der Waals surface area contributed by atoms with Crippen molar-refractivity contribution in [1.29, 1.82) is 0 Å². The van der Waals surface area contributed by atoms with E-state index in [-0.39, 0.29) is 17.9 Å². The first-order valence-corrected chi connectivity index (χ1v) is 8.43. The largest absolute Gasteiger partial charge is 0.497 e. The lowest BCUT2D eigenvalue weighted by molar-refractivity contribution is 0.0786. The Morgan fingerprint density at radius 3 is 2.68 bits per heavy atom. The van der Waals surface area contributed by atoms with Gasteiger partial charge in [-0.15, -0.1) is 0 Å². The summed E-state index contributed by atoms with van der Waals surface area (Å²) in [6.07, 6.45) is 0. The standard InChI is InChI=1S/C19H21ClN2O3/c1-24-14-5-3-4-12(8-14)16-10-22(11-17(16)21)19(23)15-7-6-13(20)9-18(15)25-2/h3-9,16-17H,10-11,21H2,1-2H3. The maximum Gasteiger partial charge on any atom is 0.257 e. The maximum absolute atomic E-state index is 12.9. The van der Waals surface area contributed by atoms with E-state index in [4.69, 9.17) is 26.8 Å². The molecule has 1 fully saturated rings. The van der Waals surface area contributed by atoms with Gasteiger partial charge in [0.1, 0.15) is 11.5 Å². The Balaban J connectivity index is 1.82. The molecule has 2 atom stereocenters. The summed E-state index contributed by atoms with van der Waals surface area (Å²) >= 11 is 5.98. The highest BCUT2D eigenvalue weighted by molar-refractivity contribution is 6.30. The van der Waals surface area contributed by atoms with E-state index in [0.717, 1.165) is 11.3 Å². The van der Waals surface area contributed by atoms with Gasteiger partial charge in [0, 0.05) is 30.1 Å². The third kappa shape index (κ3) is 3.57. The Morgan fingerprint density at radius 1 is 1.16 bits per heavy atom. The molecule has 2 N–H and O–H groups in total. The number of carbonyl (C=O) groups is 1. The van der Waals surface area contributed by atoms with Gasteiger partial charge in [0.05, 0.1) is 19.8 Å².